The standard InChI is InChI=1S/C30H44O8/c1-9-14(2)26(36-17(5)31)16(4)18-13-19(32)22-25(34)23-27(38-28(22)24(18)33)15(3)12-21-30(23,8)11-10-20(37-21)29(6,7)35/h13-16,20-21,23,25-27,34-35H,9-12H2,1-8H3/t14-,15-,16-,20+,21+,23?,25?,26-,27?,30-/m0/s1. The maximum atomic E-state index is 13.8. The average molecular weight is 533 g/mol. The smallest absolute Gasteiger partial charge is 0.302 e. The third-order valence-corrected chi connectivity index (χ3v) is 9.70. The van der Waals surface area contributed by atoms with Crippen molar-refractivity contribution in [1.82, 2.24) is 0 Å². The first kappa shape index (κ1) is 29.0. The molecule has 0 aromatic heterocycles. The Labute approximate surface area is 225 Å². The number of ketones is 2. The van der Waals surface area contributed by atoms with E-state index in [1.165, 1.54) is 13.0 Å². The number of aliphatic hydroxyl groups excluding tert-OH is 1. The lowest BCUT2D eigenvalue weighted by atomic mass is 9.54. The Bertz CT molecular complexity index is 1050. The van der Waals surface area contributed by atoms with Gasteiger partial charge in [-0.05, 0) is 51.0 Å². The van der Waals surface area contributed by atoms with E-state index in [0.717, 1.165) is 6.42 Å². The normalized spacial score (nSPS) is 37.7. The molecular formula is C30H44O8. The van der Waals surface area contributed by atoms with Gasteiger partial charge in [0.1, 0.15) is 12.2 Å². The van der Waals surface area contributed by atoms with Crippen LogP contribution in [0.4, 0.5) is 0 Å². The number of rotatable bonds is 6. The molecule has 2 aliphatic carbocycles. The van der Waals surface area contributed by atoms with Crippen LogP contribution in [0.15, 0.2) is 23.0 Å². The summed E-state index contributed by atoms with van der Waals surface area (Å²) in [5.41, 5.74) is -1.22. The largest absolute Gasteiger partial charge is 0.485 e. The summed E-state index contributed by atoms with van der Waals surface area (Å²) in [6, 6.07) is 0. The number of aliphatic hydroxyl groups is 2. The first-order valence-corrected chi connectivity index (χ1v) is 14.1. The van der Waals surface area contributed by atoms with Crippen LogP contribution in [0.3, 0.4) is 0 Å². The first-order valence-electron chi connectivity index (χ1n) is 14.1. The van der Waals surface area contributed by atoms with Gasteiger partial charge < -0.3 is 24.4 Å². The van der Waals surface area contributed by atoms with Crippen LogP contribution >= 0.6 is 0 Å². The molecule has 0 spiro atoms. The quantitative estimate of drug-likeness (QED) is 0.393. The minimum absolute atomic E-state index is 0.0125. The van der Waals surface area contributed by atoms with Gasteiger partial charge in [-0.2, -0.15) is 0 Å². The SMILES string of the molecule is CC[C@H](C)[C@H](OC(C)=O)[C@@H](C)C1=CC(=O)C2=C(OC3C(C2O)[C@@]2(C)CC[C@H](C(C)(C)O)O[C@@H]2C[C@@H]3C)C1=O. The molecule has 8 nitrogen and oxygen atoms in total. The van der Waals surface area contributed by atoms with Gasteiger partial charge >= 0.3 is 5.97 Å². The van der Waals surface area contributed by atoms with Crippen molar-refractivity contribution in [2.24, 2.45) is 29.1 Å². The molecule has 38 heavy (non-hydrogen) atoms. The summed E-state index contributed by atoms with van der Waals surface area (Å²) in [6.45, 7) is 14.6. The Morgan fingerprint density at radius 3 is 2.53 bits per heavy atom. The molecule has 0 aromatic carbocycles. The molecule has 4 rings (SSSR count). The van der Waals surface area contributed by atoms with Gasteiger partial charge in [0, 0.05) is 29.7 Å². The lowest BCUT2D eigenvalue weighted by Crippen LogP contribution is -2.64. The van der Waals surface area contributed by atoms with E-state index >= 15 is 0 Å². The van der Waals surface area contributed by atoms with Gasteiger partial charge in [-0.25, -0.2) is 0 Å². The van der Waals surface area contributed by atoms with Crippen LogP contribution in [0.2, 0.25) is 0 Å². The monoisotopic (exact) mass is 532 g/mol. The third kappa shape index (κ3) is 4.77. The highest BCUT2D eigenvalue weighted by molar-refractivity contribution is 6.22. The predicted octanol–water partition coefficient (Wildman–Crippen LogP) is 3.67. The second-order valence-electron chi connectivity index (χ2n) is 12.9. The topological polar surface area (TPSA) is 119 Å². The minimum Gasteiger partial charge on any atom is -0.485 e. The molecule has 0 aromatic rings. The number of esters is 1. The number of allylic oxidation sites excluding steroid dienone is 2. The molecule has 2 fully saturated rings. The Kier molecular flexibility index (Phi) is 7.76. The number of fused-ring (bicyclic) bond motifs is 3. The fourth-order valence-electron chi connectivity index (χ4n) is 7.19. The van der Waals surface area contributed by atoms with Crippen molar-refractivity contribution in [3.63, 3.8) is 0 Å². The molecule has 2 N–H and O–H groups in total. The molecule has 10 atom stereocenters. The number of hydrogen-bond donors (Lipinski definition) is 2. The van der Waals surface area contributed by atoms with Crippen molar-refractivity contribution in [1.29, 1.82) is 0 Å². The summed E-state index contributed by atoms with van der Waals surface area (Å²) in [5.74, 6) is -2.40. The molecule has 0 bridgehead atoms. The van der Waals surface area contributed by atoms with Crippen molar-refractivity contribution >= 4 is 17.5 Å². The molecule has 2 heterocycles. The molecular weight excluding hydrogens is 488 g/mol. The van der Waals surface area contributed by atoms with Crippen molar-refractivity contribution in [3.05, 3.63) is 23.0 Å². The average Bonchev–Trinajstić information content (AvgIpc) is 2.83. The van der Waals surface area contributed by atoms with Crippen molar-refractivity contribution in [3.8, 4) is 0 Å². The highest BCUT2D eigenvalue weighted by Gasteiger charge is 2.61. The maximum absolute atomic E-state index is 13.8. The fraction of sp³-hybridized carbons (Fsp3) is 0.767. The Balaban J connectivity index is 1.66. The number of hydrogen-bond acceptors (Lipinski definition) is 8. The van der Waals surface area contributed by atoms with Crippen LogP contribution in [-0.4, -0.2) is 63.9 Å². The van der Waals surface area contributed by atoms with E-state index < -0.39 is 58.7 Å². The Hall–Kier alpha value is -2.03. The second-order valence-corrected chi connectivity index (χ2v) is 12.9. The van der Waals surface area contributed by atoms with Gasteiger partial charge in [0.15, 0.2) is 11.5 Å². The molecule has 8 heteroatoms. The van der Waals surface area contributed by atoms with Crippen molar-refractivity contribution < 1.29 is 38.8 Å². The molecule has 0 radical (unpaired) electrons. The number of carbonyl (C=O) groups is 3. The number of ether oxygens (including phenoxy) is 3. The van der Waals surface area contributed by atoms with Crippen LogP contribution in [-0.2, 0) is 28.6 Å². The van der Waals surface area contributed by atoms with E-state index in [0.29, 0.717) is 19.3 Å². The molecule has 1 saturated carbocycles. The number of Topliss-reactive ketones (excluding diaryl/α,β-unsaturated/α-hetero) is 1. The van der Waals surface area contributed by atoms with Crippen LogP contribution in [0.1, 0.15) is 81.1 Å². The van der Waals surface area contributed by atoms with Crippen molar-refractivity contribution in [2.45, 2.75) is 117 Å². The van der Waals surface area contributed by atoms with Crippen LogP contribution in [0.25, 0.3) is 0 Å². The zero-order valence-corrected chi connectivity index (χ0v) is 23.9. The zero-order valence-electron chi connectivity index (χ0n) is 23.9. The predicted molar refractivity (Wildman–Crippen MR) is 140 cm³/mol. The van der Waals surface area contributed by atoms with Crippen molar-refractivity contribution in [2.75, 3.05) is 0 Å². The minimum atomic E-state index is -1.18. The highest BCUT2D eigenvalue weighted by atomic mass is 16.5. The summed E-state index contributed by atoms with van der Waals surface area (Å²) >= 11 is 0. The first-order chi connectivity index (χ1) is 17.6. The highest BCUT2D eigenvalue weighted by Crippen LogP contribution is 2.57. The number of carbonyl (C=O) groups excluding carboxylic acids is 3. The van der Waals surface area contributed by atoms with Crippen LogP contribution in [0.5, 0.6) is 0 Å². The Morgan fingerprint density at radius 2 is 1.95 bits per heavy atom. The van der Waals surface area contributed by atoms with Gasteiger partial charge in [0.25, 0.3) is 0 Å². The van der Waals surface area contributed by atoms with E-state index in [4.69, 9.17) is 14.2 Å². The third-order valence-electron chi connectivity index (χ3n) is 9.70. The van der Waals surface area contributed by atoms with E-state index in [-0.39, 0.29) is 40.9 Å². The summed E-state index contributed by atoms with van der Waals surface area (Å²) in [5, 5.41) is 22.3. The van der Waals surface area contributed by atoms with Gasteiger partial charge in [-0.3, -0.25) is 14.4 Å². The summed E-state index contributed by atoms with van der Waals surface area (Å²) in [6.07, 6.45) is 1.26. The molecule has 212 valence electrons. The Morgan fingerprint density at radius 1 is 1.29 bits per heavy atom. The molecule has 2 aliphatic heterocycles. The summed E-state index contributed by atoms with van der Waals surface area (Å²) < 4.78 is 18.4. The maximum Gasteiger partial charge on any atom is 0.302 e. The van der Waals surface area contributed by atoms with Gasteiger partial charge in [-0.1, -0.05) is 41.0 Å². The summed E-state index contributed by atoms with van der Waals surface area (Å²) in [4.78, 5) is 39.1. The summed E-state index contributed by atoms with van der Waals surface area (Å²) in [7, 11) is 0. The van der Waals surface area contributed by atoms with Gasteiger partial charge in [0.2, 0.25) is 5.78 Å². The van der Waals surface area contributed by atoms with Gasteiger partial charge in [-0.15, -0.1) is 0 Å². The fourth-order valence-corrected chi connectivity index (χ4v) is 7.19. The molecule has 1 saturated heterocycles. The molecule has 0 amide bonds. The van der Waals surface area contributed by atoms with Crippen LogP contribution in [0, 0.1) is 29.1 Å². The van der Waals surface area contributed by atoms with E-state index in [1.54, 1.807) is 20.8 Å². The van der Waals surface area contributed by atoms with Gasteiger partial charge in [0.05, 0.1) is 29.5 Å². The van der Waals surface area contributed by atoms with E-state index in [9.17, 15) is 24.6 Å². The lowest BCUT2D eigenvalue weighted by Gasteiger charge is -2.59. The van der Waals surface area contributed by atoms with Crippen LogP contribution < -0.4 is 0 Å². The van der Waals surface area contributed by atoms with E-state index in [1.807, 2.05) is 20.8 Å². The molecule has 3 unspecified atom stereocenters. The zero-order chi connectivity index (χ0) is 28.3. The lowest BCUT2D eigenvalue weighted by molar-refractivity contribution is -0.249. The van der Waals surface area contributed by atoms with E-state index in [2.05, 4.69) is 6.92 Å². The second kappa shape index (κ2) is 10.2. The molecule has 4 aliphatic rings.